The molecule has 0 heterocycles. The van der Waals surface area contributed by atoms with Gasteiger partial charge in [0.25, 0.3) is 0 Å². The van der Waals surface area contributed by atoms with Crippen molar-refractivity contribution in [1.29, 1.82) is 0 Å². The predicted octanol–water partition coefficient (Wildman–Crippen LogP) is 2.17. The van der Waals surface area contributed by atoms with Crippen LogP contribution in [0.25, 0.3) is 0 Å². The van der Waals surface area contributed by atoms with Gasteiger partial charge in [0.15, 0.2) is 6.61 Å². The molecule has 1 aromatic rings. The summed E-state index contributed by atoms with van der Waals surface area (Å²) in [7, 11) is 0. The Morgan fingerprint density at radius 2 is 1.82 bits per heavy atom. The Balaban J connectivity index is 2.62. The van der Waals surface area contributed by atoms with Crippen molar-refractivity contribution in [2.45, 2.75) is 5.92 Å². The molecule has 0 spiro atoms. The third kappa shape index (κ3) is 3.91. The summed E-state index contributed by atoms with van der Waals surface area (Å²) in [6.07, 6.45) is 0. The van der Waals surface area contributed by atoms with Crippen LogP contribution >= 0.6 is 22.6 Å². The van der Waals surface area contributed by atoms with Gasteiger partial charge in [0.2, 0.25) is 0 Å². The zero-order valence-corrected chi connectivity index (χ0v) is 10.5. The summed E-state index contributed by atoms with van der Waals surface area (Å²) in [5.41, 5.74) is 0.0894. The number of hydrogen-bond acceptors (Lipinski definition) is 3. The third-order valence-corrected chi connectivity index (χ3v) is 2.50. The van der Waals surface area contributed by atoms with Crippen molar-refractivity contribution in [3.63, 3.8) is 0 Å². The molecule has 4 nitrogen and oxygen atoms in total. The van der Waals surface area contributed by atoms with E-state index >= 15 is 0 Å². The van der Waals surface area contributed by atoms with Crippen molar-refractivity contribution in [2.75, 3.05) is 6.61 Å². The molecule has 1 rings (SSSR count). The number of carbonyl (C=O) groups excluding carboxylic acids is 1. The van der Waals surface area contributed by atoms with Gasteiger partial charge in [-0.15, -0.1) is 0 Å². The van der Waals surface area contributed by atoms with Crippen LogP contribution in [0.3, 0.4) is 0 Å². The molecule has 0 atom stereocenters. The van der Waals surface area contributed by atoms with E-state index in [2.05, 4.69) is 4.74 Å². The molecule has 0 amide bonds. The number of carbonyl (C=O) groups is 2. The van der Waals surface area contributed by atoms with E-state index in [4.69, 9.17) is 5.11 Å². The number of hydrogen-bond donors (Lipinski definition) is 1. The molecular weight excluding hydrogens is 349 g/mol. The highest BCUT2D eigenvalue weighted by Crippen LogP contribution is 2.15. The Morgan fingerprint density at radius 1 is 1.29 bits per heavy atom. The lowest BCUT2D eigenvalue weighted by Gasteiger charge is -2.11. The first-order valence-corrected chi connectivity index (χ1v) is 5.45. The summed E-state index contributed by atoms with van der Waals surface area (Å²) < 4.78 is 30.3. The zero-order chi connectivity index (χ0) is 13.1. The van der Waals surface area contributed by atoms with Gasteiger partial charge in [-0.2, -0.15) is 8.78 Å². The van der Waals surface area contributed by atoms with Gasteiger partial charge in [0, 0.05) is 3.57 Å². The number of ether oxygens (including phenoxy) is 1. The molecule has 0 radical (unpaired) electrons. The first-order valence-electron chi connectivity index (χ1n) is 4.37. The van der Waals surface area contributed by atoms with E-state index in [-0.39, 0.29) is 5.56 Å². The summed E-state index contributed by atoms with van der Waals surface area (Å²) in [5, 5.41) is 8.12. The molecule has 17 heavy (non-hydrogen) atoms. The summed E-state index contributed by atoms with van der Waals surface area (Å²) in [5.74, 6) is -7.38. The van der Waals surface area contributed by atoms with Crippen LogP contribution in [0.4, 0.5) is 8.78 Å². The second kappa shape index (κ2) is 5.39. The van der Waals surface area contributed by atoms with Crippen molar-refractivity contribution in [3.8, 4) is 0 Å². The smallest absolute Gasteiger partial charge is 0.378 e. The number of esters is 1. The lowest BCUT2D eigenvalue weighted by atomic mass is 10.2. The first-order chi connectivity index (χ1) is 7.83. The summed E-state index contributed by atoms with van der Waals surface area (Å²) in [4.78, 5) is 21.3. The predicted molar refractivity (Wildman–Crippen MR) is 62.0 cm³/mol. The molecule has 0 aliphatic heterocycles. The van der Waals surface area contributed by atoms with Gasteiger partial charge in [-0.3, -0.25) is 0 Å². The Labute approximate surface area is 109 Å². The van der Waals surface area contributed by atoms with Gasteiger partial charge < -0.3 is 9.84 Å². The third-order valence-electron chi connectivity index (χ3n) is 1.78. The number of alkyl halides is 2. The Bertz CT molecular complexity index is 430. The monoisotopic (exact) mass is 356 g/mol. The van der Waals surface area contributed by atoms with E-state index < -0.39 is 24.5 Å². The Kier molecular flexibility index (Phi) is 4.38. The maximum atomic E-state index is 12.6. The molecule has 0 saturated carbocycles. The van der Waals surface area contributed by atoms with Crippen LogP contribution < -0.4 is 0 Å². The minimum atomic E-state index is -4.07. The van der Waals surface area contributed by atoms with E-state index in [0.29, 0.717) is 0 Å². The number of carboxylic acid groups (broad SMARTS) is 1. The van der Waals surface area contributed by atoms with Gasteiger partial charge in [0.05, 0.1) is 5.56 Å². The highest BCUT2D eigenvalue weighted by atomic mass is 127. The van der Waals surface area contributed by atoms with Gasteiger partial charge in [-0.1, -0.05) is 0 Å². The molecule has 0 unspecified atom stereocenters. The molecule has 0 aromatic heterocycles. The lowest BCUT2D eigenvalue weighted by Crippen LogP contribution is -2.34. The lowest BCUT2D eigenvalue weighted by molar-refractivity contribution is -0.170. The minimum absolute atomic E-state index is 0.0894. The Hall–Kier alpha value is -1.25. The second-order valence-corrected chi connectivity index (χ2v) is 4.34. The summed E-state index contributed by atoms with van der Waals surface area (Å²) >= 11 is 2.01. The van der Waals surface area contributed by atoms with Crippen LogP contribution in [0.5, 0.6) is 0 Å². The Morgan fingerprint density at radius 3 is 2.29 bits per heavy atom. The van der Waals surface area contributed by atoms with Crippen LogP contribution in [-0.2, 0) is 9.53 Å². The maximum Gasteiger partial charge on any atom is 0.378 e. The molecule has 0 fully saturated rings. The van der Waals surface area contributed by atoms with Crippen molar-refractivity contribution in [1.82, 2.24) is 0 Å². The molecule has 1 N–H and O–H groups in total. The van der Waals surface area contributed by atoms with E-state index in [1.54, 1.807) is 12.1 Å². The van der Waals surface area contributed by atoms with Crippen LogP contribution in [0, 0.1) is 3.57 Å². The maximum absolute atomic E-state index is 12.6. The van der Waals surface area contributed by atoms with Crippen LogP contribution in [0.1, 0.15) is 10.4 Å². The minimum Gasteiger partial charge on any atom is -0.477 e. The molecule has 0 aliphatic carbocycles. The fourth-order valence-corrected chi connectivity index (χ4v) is 1.25. The second-order valence-electron chi connectivity index (χ2n) is 3.09. The first kappa shape index (κ1) is 13.8. The van der Waals surface area contributed by atoms with Crippen LogP contribution in [0.2, 0.25) is 0 Å². The largest absolute Gasteiger partial charge is 0.477 e. The topological polar surface area (TPSA) is 63.6 Å². The highest BCUT2D eigenvalue weighted by Gasteiger charge is 2.40. The molecule has 0 bridgehead atoms. The van der Waals surface area contributed by atoms with E-state index in [0.717, 1.165) is 3.57 Å². The molecular formula is C10H7F2IO4. The standard InChI is InChI=1S/C10H7F2IO4/c11-10(12,9(15)16)5-17-8(14)6-1-3-7(13)4-2-6/h1-4H,5H2,(H,15,16). The van der Waals surface area contributed by atoms with E-state index in [1.165, 1.54) is 12.1 Å². The fraction of sp³-hybridized carbons (Fsp3) is 0.200. The van der Waals surface area contributed by atoms with Gasteiger partial charge in [0.1, 0.15) is 0 Å². The average molecular weight is 356 g/mol. The van der Waals surface area contributed by atoms with Gasteiger partial charge in [-0.25, -0.2) is 9.59 Å². The van der Waals surface area contributed by atoms with Gasteiger partial charge >= 0.3 is 17.9 Å². The SMILES string of the molecule is O=C(OCC(F)(F)C(=O)O)c1ccc(I)cc1. The zero-order valence-electron chi connectivity index (χ0n) is 8.32. The molecule has 1 aromatic carbocycles. The number of carboxylic acids is 1. The van der Waals surface area contributed by atoms with Crippen molar-refractivity contribution in [3.05, 3.63) is 33.4 Å². The molecule has 92 valence electrons. The van der Waals surface area contributed by atoms with E-state index in [9.17, 15) is 18.4 Å². The highest BCUT2D eigenvalue weighted by molar-refractivity contribution is 14.1. The number of benzene rings is 1. The summed E-state index contributed by atoms with van der Waals surface area (Å²) in [6.45, 7) is -1.48. The van der Waals surface area contributed by atoms with E-state index in [1.807, 2.05) is 22.6 Å². The number of rotatable bonds is 4. The van der Waals surface area contributed by atoms with Crippen LogP contribution in [0.15, 0.2) is 24.3 Å². The van der Waals surface area contributed by atoms with Gasteiger partial charge in [-0.05, 0) is 46.9 Å². The number of aliphatic carboxylic acids is 1. The van der Waals surface area contributed by atoms with Crippen molar-refractivity contribution in [2.24, 2.45) is 0 Å². The molecule has 7 heteroatoms. The molecule has 0 saturated heterocycles. The number of halogens is 3. The normalized spacial score (nSPS) is 11.0. The quantitative estimate of drug-likeness (QED) is 0.664. The summed E-state index contributed by atoms with van der Waals surface area (Å²) in [6, 6.07) is 6.02. The molecule has 0 aliphatic rings. The van der Waals surface area contributed by atoms with Crippen LogP contribution in [-0.4, -0.2) is 29.6 Å². The fourth-order valence-electron chi connectivity index (χ4n) is 0.887. The van der Waals surface area contributed by atoms with Crippen molar-refractivity contribution < 1.29 is 28.2 Å². The van der Waals surface area contributed by atoms with Crippen molar-refractivity contribution >= 4 is 34.5 Å². The average Bonchev–Trinajstić information content (AvgIpc) is 2.27.